The van der Waals surface area contributed by atoms with Gasteiger partial charge in [-0.2, -0.15) is 0 Å². The van der Waals surface area contributed by atoms with Crippen LogP contribution in [0, 0.1) is 5.92 Å². The molecule has 2 aliphatic carbocycles. The summed E-state index contributed by atoms with van der Waals surface area (Å²) in [6.07, 6.45) is 10.6. The number of fused-ring (bicyclic) bond motifs is 5. The molecule has 5 aromatic rings. The fourth-order valence-electron chi connectivity index (χ4n) is 6.09. The van der Waals surface area contributed by atoms with Crippen LogP contribution in [-0.4, -0.2) is 46.2 Å². The molecule has 0 spiro atoms. The number of carboxylic acids is 1. The lowest BCUT2D eigenvalue weighted by atomic mass is 9.73. The number of carbonyl (C=O) groups excluding carboxylic acids is 1. The number of aromatic hydroxyl groups is 1. The lowest BCUT2D eigenvalue weighted by Crippen LogP contribution is -2.24. The molecule has 220 valence electrons. The van der Waals surface area contributed by atoms with E-state index in [9.17, 15) is 14.7 Å². The molecule has 0 saturated carbocycles. The Morgan fingerprint density at radius 2 is 1.80 bits per heavy atom. The van der Waals surface area contributed by atoms with Gasteiger partial charge in [0.2, 0.25) is 0 Å². The summed E-state index contributed by atoms with van der Waals surface area (Å²) in [4.78, 5) is 31.2. The Morgan fingerprint density at radius 3 is 2.59 bits per heavy atom. The van der Waals surface area contributed by atoms with Crippen molar-refractivity contribution in [2.45, 2.75) is 19.3 Å². The number of nitrogens with zero attached hydrogens (tertiary/aromatic N) is 2. The first-order valence-electron chi connectivity index (χ1n) is 14.2. The van der Waals surface area contributed by atoms with Gasteiger partial charge in [0.25, 0.3) is 0 Å². The van der Waals surface area contributed by atoms with Crippen molar-refractivity contribution in [1.82, 2.24) is 9.97 Å². The molecule has 2 aliphatic rings. The Balaban J connectivity index is 0.000000220. The van der Waals surface area contributed by atoms with Gasteiger partial charge in [-0.1, -0.05) is 42.0 Å². The van der Waals surface area contributed by atoms with Crippen molar-refractivity contribution >= 4 is 38.9 Å². The Labute approximate surface area is 253 Å². The summed E-state index contributed by atoms with van der Waals surface area (Å²) in [5.74, 6) is 0.677. The number of aromatic nitrogens is 2. The number of phenolic OH excluding ortho intramolecular Hbond substituents is 1. The number of benzene rings is 3. The first-order chi connectivity index (χ1) is 21.4. The van der Waals surface area contributed by atoms with E-state index < -0.39 is 5.97 Å². The van der Waals surface area contributed by atoms with Crippen molar-refractivity contribution in [1.29, 1.82) is 0 Å². The monoisotopic (exact) mass is 586 g/mol. The summed E-state index contributed by atoms with van der Waals surface area (Å²) < 4.78 is 10.9. The topological polar surface area (TPSA) is 119 Å². The fourth-order valence-corrected chi connectivity index (χ4v) is 6.09. The van der Waals surface area contributed by atoms with E-state index in [0.717, 1.165) is 68.1 Å². The number of aromatic carboxylic acids is 1. The molecule has 7 rings (SSSR count). The van der Waals surface area contributed by atoms with Crippen LogP contribution in [-0.2, 0) is 17.6 Å². The maximum Gasteiger partial charge on any atom is 0.354 e. The third-order valence-corrected chi connectivity index (χ3v) is 8.25. The van der Waals surface area contributed by atoms with Gasteiger partial charge in [0.05, 0.1) is 14.2 Å². The number of rotatable bonds is 5. The normalized spacial score (nSPS) is 15.3. The number of aryl methyl sites for hydroxylation is 1. The molecule has 0 amide bonds. The van der Waals surface area contributed by atoms with Crippen LogP contribution >= 0.6 is 0 Å². The lowest BCUT2D eigenvalue weighted by Gasteiger charge is -2.30. The third kappa shape index (κ3) is 5.38. The molecule has 2 heterocycles. The number of carboxylic acid groups (broad SMARTS) is 1. The number of allylic oxidation sites excluding steroid dienone is 4. The van der Waals surface area contributed by atoms with E-state index in [1.165, 1.54) is 17.8 Å². The molecule has 2 N–H and O–H groups in total. The van der Waals surface area contributed by atoms with Gasteiger partial charge in [0, 0.05) is 41.3 Å². The van der Waals surface area contributed by atoms with Crippen molar-refractivity contribution in [3.05, 3.63) is 119 Å². The van der Waals surface area contributed by atoms with E-state index in [0.29, 0.717) is 12.2 Å². The molecule has 1 atom stereocenters. The number of phenols is 1. The van der Waals surface area contributed by atoms with Crippen LogP contribution in [0.25, 0.3) is 27.1 Å². The van der Waals surface area contributed by atoms with Crippen molar-refractivity contribution in [3.63, 3.8) is 0 Å². The summed E-state index contributed by atoms with van der Waals surface area (Å²) in [5, 5.41) is 22.8. The molecule has 0 aliphatic heterocycles. The Kier molecular flexibility index (Phi) is 7.81. The van der Waals surface area contributed by atoms with E-state index in [-0.39, 0.29) is 17.4 Å². The van der Waals surface area contributed by atoms with Crippen LogP contribution in [0.5, 0.6) is 17.2 Å². The zero-order valence-electron chi connectivity index (χ0n) is 24.3. The average Bonchev–Trinajstić information content (AvgIpc) is 3.05. The van der Waals surface area contributed by atoms with Crippen LogP contribution in [0.15, 0.2) is 97.0 Å². The predicted octanol–water partition coefficient (Wildman–Crippen LogP) is 6.59. The first kappa shape index (κ1) is 28.6. The fraction of sp³-hybridized carbons (Fsp3) is 0.167. The maximum absolute atomic E-state index is 12.9. The largest absolute Gasteiger partial charge is 0.507 e. The van der Waals surface area contributed by atoms with Gasteiger partial charge in [0.15, 0.2) is 5.78 Å². The highest BCUT2D eigenvalue weighted by molar-refractivity contribution is 6.04. The van der Waals surface area contributed by atoms with Crippen LogP contribution in [0.3, 0.4) is 0 Å². The van der Waals surface area contributed by atoms with Crippen molar-refractivity contribution < 1.29 is 29.3 Å². The number of ether oxygens (including phenoxy) is 2. The standard InChI is InChI=1S/C27H24O4.C9H6N2O2/c1-30-18-8-6-17(26(15-18)31-2)14-23-21-10-11-22-20(19(21)12-13-24(23)28)9-7-16-4-3-5-25(29)27(16)22;12-9(13)8-3-6-1-2-10-4-7(6)5-11-8/h3-9,12-13,15,23,29H,10-11,14H2,1-2H3;1-5H,(H,12,13). The second kappa shape index (κ2) is 12.0. The molecule has 0 radical (unpaired) electrons. The number of pyridine rings is 2. The van der Waals surface area contributed by atoms with Crippen LogP contribution < -0.4 is 9.47 Å². The smallest absolute Gasteiger partial charge is 0.354 e. The Bertz CT molecular complexity index is 1990. The third-order valence-electron chi connectivity index (χ3n) is 8.25. The molecule has 2 aromatic heterocycles. The van der Waals surface area contributed by atoms with Gasteiger partial charge in [-0.25, -0.2) is 9.78 Å². The minimum absolute atomic E-state index is 0.0544. The second-order valence-corrected chi connectivity index (χ2v) is 10.7. The Morgan fingerprint density at radius 1 is 0.932 bits per heavy atom. The summed E-state index contributed by atoms with van der Waals surface area (Å²) in [6.45, 7) is 0. The highest BCUT2D eigenvalue weighted by atomic mass is 16.5. The van der Waals surface area contributed by atoms with Crippen LogP contribution in [0.2, 0.25) is 0 Å². The Hall–Kier alpha value is -5.50. The number of ketones is 1. The number of hydrogen-bond donors (Lipinski definition) is 2. The number of carbonyl (C=O) groups is 2. The van der Waals surface area contributed by atoms with E-state index in [4.69, 9.17) is 14.6 Å². The zero-order valence-corrected chi connectivity index (χ0v) is 24.3. The van der Waals surface area contributed by atoms with E-state index >= 15 is 0 Å². The molecule has 44 heavy (non-hydrogen) atoms. The summed E-state index contributed by atoms with van der Waals surface area (Å²) in [5.41, 5.74) is 5.61. The lowest BCUT2D eigenvalue weighted by molar-refractivity contribution is -0.117. The minimum Gasteiger partial charge on any atom is -0.507 e. The minimum atomic E-state index is -1.02. The quantitative estimate of drug-likeness (QED) is 0.237. The summed E-state index contributed by atoms with van der Waals surface area (Å²) >= 11 is 0. The van der Waals surface area contributed by atoms with Crippen molar-refractivity contribution in [3.8, 4) is 17.2 Å². The van der Waals surface area contributed by atoms with Gasteiger partial charge in [-0.05, 0) is 82.6 Å². The first-order valence-corrected chi connectivity index (χ1v) is 14.2. The molecule has 0 saturated heterocycles. The van der Waals surface area contributed by atoms with Gasteiger partial charge < -0.3 is 19.7 Å². The van der Waals surface area contributed by atoms with E-state index in [1.54, 1.807) is 44.8 Å². The van der Waals surface area contributed by atoms with Crippen LogP contribution in [0.1, 0.15) is 33.6 Å². The second-order valence-electron chi connectivity index (χ2n) is 10.7. The molecule has 3 aromatic carbocycles. The average molecular weight is 587 g/mol. The van der Waals surface area contributed by atoms with Crippen molar-refractivity contribution in [2.24, 2.45) is 5.92 Å². The molecular weight excluding hydrogens is 556 g/mol. The molecule has 1 unspecified atom stereocenters. The highest BCUT2D eigenvalue weighted by Crippen LogP contribution is 2.44. The SMILES string of the molecule is COc1ccc(CC2C(=O)C=CC3=C2CCc2c3ccc3cccc(O)c23)c(OC)c1.O=C(O)c1cc2ccncc2cn1. The van der Waals surface area contributed by atoms with Gasteiger partial charge in [-0.3, -0.25) is 9.78 Å². The van der Waals surface area contributed by atoms with Gasteiger partial charge in [0.1, 0.15) is 22.9 Å². The predicted molar refractivity (Wildman–Crippen MR) is 168 cm³/mol. The van der Waals surface area contributed by atoms with Gasteiger partial charge in [-0.15, -0.1) is 0 Å². The number of methoxy groups -OCH3 is 2. The number of hydrogen-bond acceptors (Lipinski definition) is 7. The maximum atomic E-state index is 12.9. The molecule has 8 nitrogen and oxygen atoms in total. The molecular formula is C36H30N2O6. The van der Waals surface area contributed by atoms with E-state index in [1.807, 2.05) is 36.4 Å². The van der Waals surface area contributed by atoms with Crippen molar-refractivity contribution in [2.75, 3.05) is 14.2 Å². The van der Waals surface area contributed by atoms with E-state index in [2.05, 4.69) is 22.1 Å². The highest BCUT2D eigenvalue weighted by Gasteiger charge is 2.32. The van der Waals surface area contributed by atoms with Gasteiger partial charge >= 0.3 is 5.97 Å². The summed E-state index contributed by atoms with van der Waals surface area (Å²) in [7, 11) is 3.27. The molecule has 0 fully saturated rings. The molecule has 8 heteroatoms. The summed E-state index contributed by atoms with van der Waals surface area (Å²) in [6, 6.07) is 18.8. The zero-order chi connectivity index (χ0) is 30.8. The van der Waals surface area contributed by atoms with Crippen LogP contribution in [0.4, 0.5) is 0 Å². The molecule has 0 bridgehead atoms.